The fourth-order valence-corrected chi connectivity index (χ4v) is 2.72. The van der Waals surface area contributed by atoms with Crippen molar-refractivity contribution in [3.05, 3.63) is 23.8 Å². The molecule has 6 heteroatoms. The number of amides is 1. The van der Waals surface area contributed by atoms with Gasteiger partial charge in [-0.15, -0.1) is 0 Å². The lowest BCUT2D eigenvalue weighted by molar-refractivity contribution is 0.100. The van der Waals surface area contributed by atoms with E-state index in [1.165, 1.54) is 12.6 Å². The summed E-state index contributed by atoms with van der Waals surface area (Å²) >= 11 is 0. The van der Waals surface area contributed by atoms with Crippen LogP contribution < -0.4 is 5.73 Å². The first-order valence-electron chi connectivity index (χ1n) is 6.47. The molecule has 19 heavy (non-hydrogen) atoms. The second-order valence-corrected chi connectivity index (χ2v) is 5.17. The number of rotatable bonds is 2. The summed E-state index contributed by atoms with van der Waals surface area (Å²) < 4.78 is 0. The number of aromatic nitrogens is 3. The summed E-state index contributed by atoms with van der Waals surface area (Å²) in [5, 5.41) is 0. The minimum Gasteiger partial charge on any atom is -0.365 e. The summed E-state index contributed by atoms with van der Waals surface area (Å²) in [6.07, 6.45) is 5.44. The normalized spacial score (nSPS) is 20.8. The molecule has 2 aromatic heterocycles. The average Bonchev–Trinajstić information content (AvgIpc) is 2.82. The van der Waals surface area contributed by atoms with Crippen LogP contribution in [0.3, 0.4) is 0 Å². The standard InChI is InChI=1S/C13H17N5O/c1-18-4-2-3-8(7-18)13-16-10-6-15-5-9(12(14)19)11(10)17-13/h5-6,8H,2-4,7H2,1H3,(H2,14,19)(H,16,17). The first-order valence-corrected chi connectivity index (χ1v) is 6.47. The maximum Gasteiger partial charge on any atom is 0.252 e. The van der Waals surface area contributed by atoms with Crippen LogP contribution in [0, 0.1) is 0 Å². The highest BCUT2D eigenvalue weighted by molar-refractivity contribution is 6.03. The van der Waals surface area contributed by atoms with E-state index in [0.717, 1.165) is 30.9 Å². The van der Waals surface area contributed by atoms with Crippen molar-refractivity contribution in [2.75, 3.05) is 20.1 Å². The van der Waals surface area contributed by atoms with E-state index in [0.29, 0.717) is 17.0 Å². The predicted molar refractivity (Wildman–Crippen MR) is 71.9 cm³/mol. The number of nitrogens with two attached hydrogens (primary N) is 1. The molecular weight excluding hydrogens is 242 g/mol. The van der Waals surface area contributed by atoms with E-state index >= 15 is 0 Å². The summed E-state index contributed by atoms with van der Waals surface area (Å²) in [4.78, 5) is 25.5. The van der Waals surface area contributed by atoms with Gasteiger partial charge in [-0.05, 0) is 26.4 Å². The molecule has 6 nitrogen and oxygen atoms in total. The molecule has 0 spiro atoms. The molecule has 1 amide bonds. The third kappa shape index (κ3) is 2.19. The molecule has 2 aromatic rings. The molecule has 1 atom stereocenters. The fraction of sp³-hybridized carbons (Fsp3) is 0.462. The van der Waals surface area contributed by atoms with Crippen LogP contribution in [0.4, 0.5) is 0 Å². The molecule has 1 aliphatic rings. The third-order valence-corrected chi connectivity index (χ3v) is 3.69. The van der Waals surface area contributed by atoms with Crippen LogP contribution in [-0.4, -0.2) is 45.9 Å². The van der Waals surface area contributed by atoms with Gasteiger partial charge in [0.1, 0.15) is 11.3 Å². The van der Waals surface area contributed by atoms with Crippen LogP contribution in [0.1, 0.15) is 34.9 Å². The van der Waals surface area contributed by atoms with Gasteiger partial charge in [0.05, 0.1) is 17.3 Å². The van der Waals surface area contributed by atoms with Gasteiger partial charge in [-0.25, -0.2) is 4.98 Å². The maximum atomic E-state index is 11.4. The summed E-state index contributed by atoms with van der Waals surface area (Å²) in [5.74, 6) is 0.820. The Hall–Kier alpha value is -1.95. The van der Waals surface area contributed by atoms with Gasteiger partial charge in [-0.3, -0.25) is 9.78 Å². The highest BCUT2D eigenvalue weighted by atomic mass is 16.1. The lowest BCUT2D eigenvalue weighted by Crippen LogP contribution is -2.31. The number of imidazole rings is 1. The lowest BCUT2D eigenvalue weighted by atomic mass is 9.98. The molecule has 3 N–H and O–H groups in total. The number of carbonyl (C=O) groups is 1. The van der Waals surface area contributed by atoms with Crippen LogP contribution >= 0.6 is 0 Å². The minimum atomic E-state index is -0.489. The molecule has 0 aromatic carbocycles. The minimum absolute atomic E-state index is 0.379. The van der Waals surface area contributed by atoms with Crippen molar-refractivity contribution in [1.82, 2.24) is 19.9 Å². The van der Waals surface area contributed by atoms with E-state index in [2.05, 4.69) is 26.9 Å². The SMILES string of the molecule is CN1CCCC(c2nc3c(C(N)=O)cncc3[nH]2)C1. The van der Waals surface area contributed by atoms with Gasteiger partial charge >= 0.3 is 0 Å². The van der Waals surface area contributed by atoms with Gasteiger partial charge in [0.15, 0.2) is 0 Å². The van der Waals surface area contributed by atoms with Crippen LogP contribution in [-0.2, 0) is 0 Å². The van der Waals surface area contributed by atoms with E-state index in [1.807, 2.05) is 0 Å². The second kappa shape index (κ2) is 4.62. The van der Waals surface area contributed by atoms with Crippen LogP contribution in [0.2, 0.25) is 0 Å². The first-order chi connectivity index (χ1) is 9.15. The fourth-order valence-electron chi connectivity index (χ4n) is 2.72. The van der Waals surface area contributed by atoms with Gasteiger partial charge in [0.2, 0.25) is 0 Å². The molecule has 1 fully saturated rings. The Morgan fingerprint density at radius 1 is 1.53 bits per heavy atom. The summed E-state index contributed by atoms with van der Waals surface area (Å²) in [6.45, 7) is 2.12. The molecule has 1 unspecified atom stereocenters. The topological polar surface area (TPSA) is 87.9 Å². The Labute approximate surface area is 111 Å². The number of carbonyl (C=O) groups excluding carboxylic acids is 1. The lowest BCUT2D eigenvalue weighted by Gasteiger charge is -2.28. The van der Waals surface area contributed by atoms with Gasteiger partial charge in [-0.1, -0.05) is 0 Å². The summed E-state index contributed by atoms with van der Waals surface area (Å²) in [6, 6.07) is 0. The number of aromatic amines is 1. The van der Waals surface area contributed by atoms with E-state index in [4.69, 9.17) is 5.73 Å². The molecule has 100 valence electrons. The molecular formula is C13H17N5O. The smallest absolute Gasteiger partial charge is 0.252 e. The van der Waals surface area contributed by atoms with Crippen molar-refractivity contribution in [2.45, 2.75) is 18.8 Å². The molecule has 0 bridgehead atoms. The zero-order chi connectivity index (χ0) is 13.4. The zero-order valence-electron chi connectivity index (χ0n) is 10.9. The summed E-state index contributed by atoms with van der Waals surface area (Å²) in [5.41, 5.74) is 7.14. The Morgan fingerprint density at radius 3 is 3.11 bits per heavy atom. The Bertz CT molecular complexity index is 621. The second-order valence-electron chi connectivity index (χ2n) is 5.17. The largest absolute Gasteiger partial charge is 0.365 e. The van der Waals surface area contributed by atoms with Crippen molar-refractivity contribution in [2.24, 2.45) is 5.73 Å². The number of piperidine rings is 1. The number of hydrogen-bond acceptors (Lipinski definition) is 4. The number of H-pyrrole nitrogens is 1. The Morgan fingerprint density at radius 2 is 2.37 bits per heavy atom. The van der Waals surface area contributed by atoms with Gasteiger partial charge in [-0.2, -0.15) is 0 Å². The average molecular weight is 259 g/mol. The number of nitrogens with one attached hydrogen (secondary N) is 1. The van der Waals surface area contributed by atoms with Crippen LogP contribution in [0.25, 0.3) is 11.0 Å². The van der Waals surface area contributed by atoms with Crippen LogP contribution in [0.15, 0.2) is 12.4 Å². The van der Waals surface area contributed by atoms with E-state index in [9.17, 15) is 4.79 Å². The molecule has 1 aliphatic heterocycles. The van der Waals surface area contributed by atoms with Crippen molar-refractivity contribution in [3.63, 3.8) is 0 Å². The number of likely N-dealkylation sites (N-methyl/N-ethyl adjacent to an activating group) is 1. The number of nitrogens with zero attached hydrogens (tertiary/aromatic N) is 3. The van der Waals surface area contributed by atoms with Crippen molar-refractivity contribution in [3.8, 4) is 0 Å². The van der Waals surface area contributed by atoms with E-state index < -0.39 is 5.91 Å². The van der Waals surface area contributed by atoms with Gasteiger partial charge in [0.25, 0.3) is 5.91 Å². The Balaban J connectivity index is 2.01. The van der Waals surface area contributed by atoms with Crippen LogP contribution in [0.5, 0.6) is 0 Å². The van der Waals surface area contributed by atoms with Crippen molar-refractivity contribution >= 4 is 16.9 Å². The monoisotopic (exact) mass is 259 g/mol. The number of likely N-dealkylation sites (tertiary alicyclic amines) is 1. The molecule has 3 heterocycles. The predicted octanol–water partition coefficient (Wildman–Crippen LogP) is 0.866. The van der Waals surface area contributed by atoms with E-state index in [-0.39, 0.29) is 0 Å². The quantitative estimate of drug-likeness (QED) is 0.837. The zero-order valence-corrected chi connectivity index (χ0v) is 10.9. The number of primary amides is 1. The van der Waals surface area contributed by atoms with E-state index in [1.54, 1.807) is 6.20 Å². The molecule has 1 saturated heterocycles. The summed E-state index contributed by atoms with van der Waals surface area (Å²) in [7, 11) is 2.12. The third-order valence-electron chi connectivity index (χ3n) is 3.69. The molecule has 3 rings (SSSR count). The highest BCUT2D eigenvalue weighted by Crippen LogP contribution is 2.26. The van der Waals surface area contributed by atoms with Crippen molar-refractivity contribution in [1.29, 1.82) is 0 Å². The first kappa shape index (κ1) is 12.1. The Kier molecular flexibility index (Phi) is 2.94. The molecule has 0 radical (unpaired) electrons. The molecule has 0 aliphatic carbocycles. The number of pyridine rings is 1. The van der Waals surface area contributed by atoms with Crippen molar-refractivity contribution < 1.29 is 4.79 Å². The van der Waals surface area contributed by atoms with Gasteiger partial charge in [0, 0.05) is 18.7 Å². The highest BCUT2D eigenvalue weighted by Gasteiger charge is 2.22. The maximum absolute atomic E-state index is 11.4. The number of hydrogen-bond donors (Lipinski definition) is 2. The van der Waals surface area contributed by atoms with Gasteiger partial charge < -0.3 is 15.6 Å². The molecule has 0 saturated carbocycles. The number of fused-ring (bicyclic) bond motifs is 1.